The smallest absolute Gasteiger partial charge is 0.220 e. The summed E-state index contributed by atoms with van der Waals surface area (Å²) in [4.78, 5) is 12.5. The molecular formula is C76H147NO3. The number of unbranched alkanes of at least 4 members (excludes halogenated alkanes) is 59. The maximum absolute atomic E-state index is 12.5. The monoisotopic (exact) mass is 1120 g/mol. The number of rotatable bonds is 70. The van der Waals surface area contributed by atoms with Crippen molar-refractivity contribution in [3.05, 3.63) is 36.5 Å². The number of hydrogen-bond acceptors (Lipinski definition) is 3. The molecule has 474 valence electrons. The fourth-order valence-corrected chi connectivity index (χ4v) is 12.0. The molecule has 0 aliphatic heterocycles. The zero-order valence-corrected chi connectivity index (χ0v) is 54.9. The predicted molar refractivity (Wildman–Crippen MR) is 359 cm³/mol. The highest BCUT2D eigenvalue weighted by molar-refractivity contribution is 5.76. The highest BCUT2D eigenvalue weighted by atomic mass is 16.3. The Kier molecular flexibility index (Phi) is 70.6. The van der Waals surface area contributed by atoms with Crippen molar-refractivity contribution in [3.63, 3.8) is 0 Å². The summed E-state index contributed by atoms with van der Waals surface area (Å²) in [6.07, 6.45) is 99.9. The highest BCUT2D eigenvalue weighted by Crippen LogP contribution is 2.20. The third-order valence-corrected chi connectivity index (χ3v) is 17.6. The molecule has 3 N–H and O–H groups in total. The van der Waals surface area contributed by atoms with Crippen LogP contribution in [-0.2, 0) is 4.79 Å². The SMILES string of the molecule is CCCCCCCCCCCCCCCCCCCCCCC/C=C/CC/C=C/CC/C=C/C(O)C(CO)NC(=O)CCCCCCCCCCCCCCCCCCCCCCCCCCCCCCCCCCCCCCC. The molecule has 1 amide bonds. The van der Waals surface area contributed by atoms with Crippen LogP contribution >= 0.6 is 0 Å². The minimum Gasteiger partial charge on any atom is -0.394 e. The first kappa shape index (κ1) is 78.6. The molecule has 2 atom stereocenters. The van der Waals surface area contributed by atoms with Gasteiger partial charge in [-0.25, -0.2) is 0 Å². The van der Waals surface area contributed by atoms with E-state index in [1.54, 1.807) is 6.08 Å². The number of nitrogens with one attached hydrogen (secondary N) is 1. The number of carbonyl (C=O) groups excluding carboxylic acids is 1. The molecule has 0 aliphatic rings. The van der Waals surface area contributed by atoms with Gasteiger partial charge in [0.25, 0.3) is 0 Å². The van der Waals surface area contributed by atoms with Crippen molar-refractivity contribution < 1.29 is 15.0 Å². The van der Waals surface area contributed by atoms with Gasteiger partial charge in [0.1, 0.15) is 0 Å². The molecule has 80 heavy (non-hydrogen) atoms. The second-order valence-corrected chi connectivity index (χ2v) is 25.7. The third kappa shape index (κ3) is 67.4. The minimum absolute atomic E-state index is 0.0688. The van der Waals surface area contributed by atoms with E-state index in [9.17, 15) is 15.0 Å². The van der Waals surface area contributed by atoms with Gasteiger partial charge in [-0.05, 0) is 44.9 Å². The normalized spacial score (nSPS) is 12.8. The van der Waals surface area contributed by atoms with Crippen LogP contribution in [0.2, 0.25) is 0 Å². The third-order valence-electron chi connectivity index (χ3n) is 17.6. The van der Waals surface area contributed by atoms with Crippen LogP contribution in [0.4, 0.5) is 0 Å². The molecule has 0 fully saturated rings. The van der Waals surface area contributed by atoms with E-state index in [2.05, 4.69) is 43.5 Å². The van der Waals surface area contributed by atoms with Crippen molar-refractivity contribution in [2.75, 3.05) is 6.61 Å². The Morgan fingerprint density at radius 2 is 0.487 bits per heavy atom. The quantitative estimate of drug-likeness (QED) is 0.0420. The van der Waals surface area contributed by atoms with Crippen LogP contribution in [0.1, 0.15) is 425 Å². The Morgan fingerprint density at radius 1 is 0.287 bits per heavy atom. The summed E-state index contributed by atoms with van der Waals surface area (Å²) in [5.41, 5.74) is 0. The van der Waals surface area contributed by atoms with E-state index in [0.717, 1.165) is 38.5 Å². The fraction of sp³-hybridized carbons (Fsp3) is 0.908. The number of hydrogen-bond donors (Lipinski definition) is 3. The zero-order chi connectivity index (χ0) is 57.6. The van der Waals surface area contributed by atoms with E-state index in [1.165, 1.54) is 366 Å². The zero-order valence-electron chi connectivity index (χ0n) is 54.9. The van der Waals surface area contributed by atoms with Crippen LogP contribution in [-0.4, -0.2) is 34.9 Å². The van der Waals surface area contributed by atoms with Crippen LogP contribution in [0, 0.1) is 0 Å². The Hall–Kier alpha value is -1.39. The Morgan fingerprint density at radius 3 is 0.725 bits per heavy atom. The van der Waals surface area contributed by atoms with Crippen LogP contribution in [0.25, 0.3) is 0 Å². The molecule has 0 radical (unpaired) electrons. The fourth-order valence-electron chi connectivity index (χ4n) is 12.0. The summed E-state index contributed by atoms with van der Waals surface area (Å²) in [5.74, 6) is -0.0688. The molecular weight excluding hydrogens is 975 g/mol. The predicted octanol–water partition coefficient (Wildman–Crippen LogP) is 25.5. The standard InChI is InChI=1S/C76H147NO3/c1-3-5-7-9-11-13-15-17-19-21-23-25-27-29-31-33-35-36-37-38-39-40-42-44-46-48-50-52-54-56-58-60-62-64-66-68-70-72-76(80)77-74(73-78)75(79)71-69-67-65-63-61-59-57-55-53-51-49-47-45-43-41-34-32-30-28-26-24-22-20-18-16-14-12-10-8-6-4-2/h53,55,61,63,69,71,74-75,78-79H,3-52,54,56-60,62,64-68,70,72-73H2,1-2H3,(H,77,80)/b55-53+,63-61+,71-69+. The van der Waals surface area contributed by atoms with Crippen molar-refractivity contribution >= 4 is 5.91 Å². The summed E-state index contributed by atoms with van der Waals surface area (Å²) in [6.45, 7) is 4.35. The largest absolute Gasteiger partial charge is 0.394 e. The molecule has 0 heterocycles. The first-order valence-corrected chi connectivity index (χ1v) is 37.2. The summed E-state index contributed by atoms with van der Waals surface area (Å²) in [7, 11) is 0. The van der Waals surface area contributed by atoms with Crippen LogP contribution < -0.4 is 5.32 Å². The van der Waals surface area contributed by atoms with Gasteiger partial charge < -0.3 is 15.5 Å². The highest BCUT2D eigenvalue weighted by Gasteiger charge is 2.18. The summed E-state index contributed by atoms with van der Waals surface area (Å²) < 4.78 is 0. The molecule has 0 spiro atoms. The van der Waals surface area contributed by atoms with Gasteiger partial charge in [0.15, 0.2) is 0 Å². The van der Waals surface area contributed by atoms with Crippen molar-refractivity contribution in [2.24, 2.45) is 0 Å². The molecule has 2 unspecified atom stereocenters. The second-order valence-electron chi connectivity index (χ2n) is 25.7. The average molecular weight is 1120 g/mol. The minimum atomic E-state index is -0.871. The molecule has 4 nitrogen and oxygen atoms in total. The first-order chi connectivity index (χ1) is 39.7. The van der Waals surface area contributed by atoms with Crippen molar-refractivity contribution in [3.8, 4) is 0 Å². The van der Waals surface area contributed by atoms with Crippen molar-refractivity contribution in [1.29, 1.82) is 0 Å². The second kappa shape index (κ2) is 71.9. The lowest BCUT2D eigenvalue weighted by Gasteiger charge is -2.19. The van der Waals surface area contributed by atoms with Crippen LogP contribution in [0.15, 0.2) is 36.5 Å². The number of amides is 1. The number of carbonyl (C=O) groups is 1. The van der Waals surface area contributed by atoms with E-state index in [1.807, 2.05) is 6.08 Å². The maximum atomic E-state index is 12.5. The van der Waals surface area contributed by atoms with Gasteiger partial charge in [0.05, 0.1) is 18.8 Å². The van der Waals surface area contributed by atoms with Gasteiger partial charge in [-0.2, -0.15) is 0 Å². The van der Waals surface area contributed by atoms with Crippen molar-refractivity contribution in [1.82, 2.24) is 5.32 Å². The van der Waals surface area contributed by atoms with Crippen LogP contribution in [0.3, 0.4) is 0 Å². The molecule has 0 saturated heterocycles. The van der Waals surface area contributed by atoms with E-state index < -0.39 is 12.1 Å². The van der Waals surface area contributed by atoms with E-state index in [0.29, 0.717) is 6.42 Å². The first-order valence-electron chi connectivity index (χ1n) is 37.2. The number of aliphatic hydroxyl groups excluding tert-OH is 2. The van der Waals surface area contributed by atoms with Gasteiger partial charge in [-0.1, -0.05) is 410 Å². The molecule has 0 rings (SSSR count). The van der Waals surface area contributed by atoms with E-state index in [4.69, 9.17) is 0 Å². The average Bonchev–Trinajstić information content (AvgIpc) is 3.46. The molecule has 0 bridgehead atoms. The maximum Gasteiger partial charge on any atom is 0.220 e. The topological polar surface area (TPSA) is 69.6 Å². The molecule has 0 saturated carbocycles. The lowest BCUT2D eigenvalue weighted by atomic mass is 10.0. The summed E-state index contributed by atoms with van der Waals surface area (Å²) in [5, 5.41) is 23.3. The Balaban J connectivity index is 3.43. The van der Waals surface area contributed by atoms with E-state index >= 15 is 0 Å². The van der Waals surface area contributed by atoms with Gasteiger partial charge in [-0.15, -0.1) is 0 Å². The van der Waals surface area contributed by atoms with Crippen LogP contribution in [0.5, 0.6) is 0 Å². The van der Waals surface area contributed by atoms with E-state index in [-0.39, 0.29) is 12.5 Å². The molecule has 0 aromatic heterocycles. The summed E-state index contributed by atoms with van der Waals surface area (Å²) >= 11 is 0. The molecule has 0 aliphatic carbocycles. The van der Waals surface area contributed by atoms with Gasteiger partial charge in [0.2, 0.25) is 5.91 Å². The Bertz CT molecular complexity index is 1230. The van der Waals surface area contributed by atoms with Gasteiger partial charge in [-0.3, -0.25) is 4.79 Å². The Labute approximate surface area is 503 Å². The van der Waals surface area contributed by atoms with Gasteiger partial charge in [0, 0.05) is 6.42 Å². The molecule has 0 aromatic rings. The lowest BCUT2D eigenvalue weighted by molar-refractivity contribution is -0.123. The summed E-state index contributed by atoms with van der Waals surface area (Å²) in [6, 6.07) is -0.646. The number of aliphatic hydroxyl groups is 2. The molecule has 4 heteroatoms. The lowest BCUT2D eigenvalue weighted by Crippen LogP contribution is -2.45. The molecule has 0 aromatic carbocycles. The number of allylic oxidation sites excluding steroid dienone is 5. The van der Waals surface area contributed by atoms with Gasteiger partial charge >= 0.3 is 0 Å². The van der Waals surface area contributed by atoms with Crippen molar-refractivity contribution in [2.45, 2.75) is 437 Å².